The molecule has 1 heterocycles. The van der Waals surface area contributed by atoms with E-state index in [1.165, 1.54) is 11.5 Å². The quantitative estimate of drug-likeness (QED) is 0.765. The van der Waals surface area contributed by atoms with E-state index in [1.807, 2.05) is 0 Å². The van der Waals surface area contributed by atoms with Crippen molar-refractivity contribution in [2.75, 3.05) is 34.2 Å². The van der Waals surface area contributed by atoms with Crippen LogP contribution in [-0.4, -0.2) is 53.6 Å². The molecule has 0 bridgehead atoms. The van der Waals surface area contributed by atoms with Crippen molar-refractivity contribution in [2.45, 2.75) is 13.0 Å². The minimum atomic E-state index is 0.703. The largest absolute Gasteiger partial charge is 0.309 e. The van der Waals surface area contributed by atoms with Crippen LogP contribution < -0.4 is 0 Å². The average molecular weight is 249 g/mol. The fourth-order valence-electron chi connectivity index (χ4n) is 1.28. The van der Waals surface area contributed by atoms with Crippen molar-refractivity contribution in [3.63, 3.8) is 0 Å². The van der Waals surface area contributed by atoms with Crippen LogP contribution in [0.4, 0.5) is 0 Å². The van der Waals surface area contributed by atoms with Crippen LogP contribution in [0, 0.1) is 0 Å². The summed E-state index contributed by atoms with van der Waals surface area (Å²) in [5.41, 5.74) is 0.883. The highest BCUT2D eigenvalue weighted by atomic mass is 35.5. The van der Waals surface area contributed by atoms with Gasteiger partial charge in [0.15, 0.2) is 0 Å². The molecule has 0 aliphatic carbocycles. The molecule has 1 aromatic rings. The topological polar surface area (TPSA) is 32.3 Å². The first-order valence-electron chi connectivity index (χ1n) is 4.89. The fourth-order valence-corrected chi connectivity index (χ4v) is 1.89. The lowest BCUT2D eigenvalue weighted by atomic mass is 10.3. The van der Waals surface area contributed by atoms with Gasteiger partial charge in [-0.2, -0.15) is 0 Å². The van der Waals surface area contributed by atoms with Gasteiger partial charge in [0.1, 0.15) is 10.0 Å². The molecule has 15 heavy (non-hydrogen) atoms. The molecule has 0 spiro atoms. The molecule has 0 atom stereocenters. The lowest BCUT2D eigenvalue weighted by Crippen LogP contribution is -2.23. The minimum absolute atomic E-state index is 0.703. The summed E-state index contributed by atoms with van der Waals surface area (Å²) in [6, 6.07) is 0. The monoisotopic (exact) mass is 248 g/mol. The van der Waals surface area contributed by atoms with Gasteiger partial charge >= 0.3 is 0 Å². The van der Waals surface area contributed by atoms with Gasteiger partial charge in [0.05, 0.1) is 0 Å². The predicted octanol–water partition coefficient (Wildman–Crippen LogP) is 1.57. The molecule has 86 valence electrons. The number of aromatic nitrogens is 2. The Bertz CT molecular complexity index is 289. The Morgan fingerprint density at radius 2 is 2.00 bits per heavy atom. The first kappa shape index (κ1) is 12.8. The van der Waals surface area contributed by atoms with Gasteiger partial charge in [-0.1, -0.05) is 16.1 Å². The summed E-state index contributed by atoms with van der Waals surface area (Å²) in [5.74, 6) is 0. The van der Waals surface area contributed by atoms with Crippen LogP contribution in [-0.2, 0) is 6.54 Å². The Hall–Kier alpha value is -0.230. The maximum atomic E-state index is 5.93. The molecule has 0 amide bonds. The summed E-state index contributed by atoms with van der Waals surface area (Å²) in [4.78, 5) is 4.40. The van der Waals surface area contributed by atoms with Gasteiger partial charge in [0, 0.05) is 18.1 Å². The van der Waals surface area contributed by atoms with Crippen molar-refractivity contribution in [1.29, 1.82) is 0 Å². The lowest BCUT2D eigenvalue weighted by molar-refractivity contribution is 0.292. The Balaban J connectivity index is 2.24. The van der Waals surface area contributed by atoms with Crippen LogP contribution in [0.25, 0.3) is 0 Å². The van der Waals surface area contributed by atoms with E-state index in [4.69, 9.17) is 11.6 Å². The molecule has 1 rings (SSSR count). The summed E-state index contributed by atoms with van der Waals surface area (Å²) >= 11 is 7.17. The van der Waals surface area contributed by atoms with Crippen LogP contribution in [0.2, 0.25) is 4.34 Å². The number of hydrogen-bond donors (Lipinski definition) is 0. The van der Waals surface area contributed by atoms with Crippen LogP contribution in [0.3, 0.4) is 0 Å². The molecule has 0 radical (unpaired) electrons. The van der Waals surface area contributed by atoms with Gasteiger partial charge in [-0.05, 0) is 40.7 Å². The molecular formula is C9H17ClN4S. The van der Waals surface area contributed by atoms with E-state index in [1.54, 1.807) is 0 Å². The van der Waals surface area contributed by atoms with Crippen molar-refractivity contribution >= 4 is 23.1 Å². The maximum Gasteiger partial charge on any atom is 0.138 e. The summed E-state index contributed by atoms with van der Waals surface area (Å²) < 4.78 is 4.51. The van der Waals surface area contributed by atoms with E-state index < -0.39 is 0 Å². The molecule has 6 heteroatoms. The fraction of sp³-hybridized carbons (Fsp3) is 0.778. The first-order chi connectivity index (χ1) is 7.09. The molecule has 0 N–H and O–H groups in total. The third-order valence-electron chi connectivity index (χ3n) is 2.07. The highest BCUT2D eigenvalue weighted by Gasteiger charge is 2.08. The lowest BCUT2D eigenvalue weighted by Gasteiger charge is -2.16. The summed E-state index contributed by atoms with van der Waals surface area (Å²) in [6.07, 6.45) is 1.15. The second-order valence-corrected chi connectivity index (χ2v) is 5.24. The van der Waals surface area contributed by atoms with E-state index in [2.05, 4.69) is 40.5 Å². The van der Waals surface area contributed by atoms with Gasteiger partial charge in [-0.15, -0.1) is 5.10 Å². The summed E-state index contributed by atoms with van der Waals surface area (Å²) in [7, 11) is 6.24. The Morgan fingerprint density at radius 3 is 2.53 bits per heavy atom. The average Bonchev–Trinajstić information content (AvgIpc) is 2.51. The molecule has 0 saturated heterocycles. The van der Waals surface area contributed by atoms with Crippen molar-refractivity contribution < 1.29 is 0 Å². The molecule has 1 aromatic heterocycles. The molecular weight excluding hydrogens is 232 g/mol. The molecule has 0 fully saturated rings. The van der Waals surface area contributed by atoms with Gasteiger partial charge in [0.2, 0.25) is 0 Å². The molecule has 0 unspecified atom stereocenters. The number of nitrogens with zero attached hydrogens (tertiary/aromatic N) is 4. The van der Waals surface area contributed by atoms with Crippen LogP contribution in [0.15, 0.2) is 0 Å². The number of halogens is 1. The summed E-state index contributed by atoms with van der Waals surface area (Å²) in [5, 5.41) is 3.98. The standard InChI is InChI=1S/C9H17ClN4S/c1-13(2)5-4-6-14(3)7-8-9(10)15-12-11-8/h4-7H2,1-3H3. The van der Waals surface area contributed by atoms with Gasteiger partial charge in [-0.25, -0.2) is 0 Å². The van der Waals surface area contributed by atoms with Crippen LogP contribution >= 0.6 is 23.1 Å². The second-order valence-electron chi connectivity index (χ2n) is 3.89. The third kappa shape index (κ3) is 4.88. The van der Waals surface area contributed by atoms with Crippen molar-refractivity contribution in [3.8, 4) is 0 Å². The van der Waals surface area contributed by atoms with E-state index in [0.717, 1.165) is 31.7 Å². The van der Waals surface area contributed by atoms with Crippen LogP contribution in [0.1, 0.15) is 12.1 Å². The smallest absolute Gasteiger partial charge is 0.138 e. The Kier molecular flexibility index (Phi) is 5.45. The molecule has 0 aromatic carbocycles. The molecule has 0 saturated carbocycles. The van der Waals surface area contributed by atoms with Gasteiger partial charge in [-0.3, -0.25) is 0 Å². The van der Waals surface area contributed by atoms with Crippen molar-refractivity contribution in [3.05, 3.63) is 10.0 Å². The van der Waals surface area contributed by atoms with E-state index in [0.29, 0.717) is 4.34 Å². The highest BCUT2D eigenvalue weighted by Crippen LogP contribution is 2.18. The zero-order valence-electron chi connectivity index (χ0n) is 9.40. The van der Waals surface area contributed by atoms with E-state index >= 15 is 0 Å². The SMILES string of the molecule is CN(C)CCCN(C)Cc1nnsc1Cl. The summed E-state index contributed by atoms with van der Waals surface area (Å²) in [6.45, 7) is 2.93. The predicted molar refractivity (Wildman–Crippen MR) is 64.4 cm³/mol. The first-order valence-corrected chi connectivity index (χ1v) is 6.04. The van der Waals surface area contributed by atoms with E-state index in [-0.39, 0.29) is 0 Å². The molecule has 0 aliphatic rings. The normalized spacial score (nSPS) is 11.6. The van der Waals surface area contributed by atoms with Crippen molar-refractivity contribution in [2.24, 2.45) is 0 Å². The number of rotatable bonds is 6. The molecule has 0 aliphatic heterocycles. The van der Waals surface area contributed by atoms with Gasteiger partial charge < -0.3 is 9.80 Å². The van der Waals surface area contributed by atoms with Crippen molar-refractivity contribution in [1.82, 2.24) is 19.4 Å². The maximum absolute atomic E-state index is 5.93. The highest BCUT2D eigenvalue weighted by molar-refractivity contribution is 7.10. The van der Waals surface area contributed by atoms with Crippen LogP contribution in [0.5, 0.6) is 0 Å². The molecule has 4 nitrogen and oxygen atoms in total. The zero-order chi connectivity index (χ0) is 11.3. The number of hydrogen-bond acceptors (Lipinski definition) is 5. The second kappa shape index (κ2) is 6.37. The van der Waals surface area contributed by atoms with E-state index in [9.17, 15) is 0 Å². The Morgan fingerprint density at radius 1 is 1.27 bits per heavy atom. The van der Waals surface area contributed by atoms with Gasteiger partial charge in [0.25, 0.3) is 0 Å². The Labute approximate surface area is 100.0 Å². The third-order valence-corrected chi connectivity index (χ3v) is 3.06. The minimum Gasteiger partial charge on any atom is -0.309 e. The zero-order valence-corrected chi connectivity index (χ0v) is 11.0.